The lowest BCUT2D eigenvalue weighted by atomic mass is 10.1. The molecule has 8 heteroatoms. The SMILES string of the molecule is COc1cc2c(cc1CSCC(=O)O)SN(C)CCN2c1ccc(F)cc1. The van der Waals surface area contributed by atoms with Crippen LogP contribution in [0.3, 0.4) is 0 Å². The van der Waals surface area contributed by atoms with Crippen molar-refractivity contribution in [2.45, 2.75) is 10.6 Å². The minimum Gasteiger partial charge on any atom is -0.496 e. The largest absolute Gasteiger partial charge is 0.496 e. The van der Waals surface area contributed by atoms with Crippen LogP contribution in [-0.2, 0) is 10.5 Å². The smallest absolute Gasteiger partial charge is 0.313 e. The molecule has 0 unspecified atom stereocenters. The fourth-order valence-corrected chi connectivity index (χ4v) is 4.58. The summed E-state index contributed by atoms with van der Waals surface area (Å²) < 4.78 is 21.1. The number of aliphatic carboxylic acids is 1. The second-order valence-corrected chi connectivity index (χ2v) is 8.32. The summed E-state index contributed by atoms with van der Waals surface area (Å²) in [6.07, 6.45) is 0. The van der Waals surface area contributed by atoms with E-state index in [2.05, 4.69) is 15.3 Å². The van der Waals surface area contributed by atoms with Gasteiger partial charge in [-0.15, -0.1) is 11.8 Å². The molecule has 144 valence electrons. The number of carbonyl (C=O) groups is 1. The molecule has 0 spiro atoms. The average Bonchev–Trinajstić information content (AvgIpc) is 2.79. The number of benzene rings is 2. The Kier molecular flexibility index (Phi) is 6.51. The number of hydrogen-bond acceptors (Lipinski definition) is 6. The lowest BCUT2D eigenvalue weighted by Gasteiger charge is -2.25. The Morgan fingerprint density at radius 2 is 2.04 bits per heavy atom. The fraction of sp³-hybridized carbons (Fsp3) is 0.316. The summed E-state index contributed by atoms with van der Waals surface area (Å²) in [5.74, 6) is 0.247. The molecule has 1 N–H and O–H groups in total. The summed E-state index contributed by atoms with van der Waals surface area (Å²) in [5.41, 5.74) is 2.88. The van der Waals surface area contributed by atoms with E-state index >= 15 is 0 Å². The van der Waals surface area contributed by atoms with Crippen LogP contribution in [0.25, 0.3) is 0 Å². The van der Waals surface area contributed by atoms with Gasteiger partial charge in [0, 0.05) is 41.1 Å². The standard InChI is InChI=1S/C19H21FN2O3S2/c1-21-7-8-22(15-5-3-14(20)4-6-15)16-10-17(25-2)13(9-18(16)27-21)11-26-12-19(23)24/h3-6,9-10H,7-8,11-12H2,1-2H3,(H,23,24). The first-order valence-corrected chi connectivity index (χ1v) is 10.3. The van der Waals surface area contributed by atoms with Gasteiger partial charge in [0.2, 0.25) is 0 Å². The van der Waals surface area contributed by atoms with Crippen molar-refractivity contribution in [2.24, 2.45) is 0 Å². The molecule has 1 aliphatic rings. The number of anilines is 2. The molecule has 0 fully saturated rings. The van der Waals surface area contributed by atoms with Gasteiger partial charge in [0.15, 0.2) is 0 Å². The summed E-state index contributed by atoms with van der Waals surface area (Å²) in [6, 6.07) is 10.5. The summed E-state index contributed by atoms with van der Waals surface area (Å²) in [4.78, 5) is 14.0. The van der Waals surface area contributed by atoms with Crippen LogP contribution in [-0.4, -0.2) is 48.4 Å². The zero-order chi connectivity index (χ0) is 19.4. The quantitative estimate of drug-likeness (QED) is 0.718. The molecule has 0 aliphatic carbocycles. The highest BCUT2D eigenvalue weighted by molar-refractivity contribution is 7.99. The van der Waals surface area contributed by atoms with E-state index in [0.717, 1.165) is 40.7 Å². The third-order valence-electron chi connectivity index (χ3n) is 4.17. The van der Waals surface area contributed by atoms with Crippen molar-refractivity contribution < 1.29 is 19.0 Å². The number of nitrogens with zero attached hydrogens (tertiary/aromatic N) is 2. The third-order valence-corrected chi connectivity index (χ3v) is 6.15. The summed E-state index contributed by atoms with van der Waals surface area (Å²) in [5, 5.41) is 8.87. The maximum absolute atomic E-state index is 13.3. The van der Waals surface area contributed by atoms with Crippen molar-refractivity contribution >= 4 is 41.1 Å². The number of methoxy groups -OCH3 is 1. The van der Waals surface area contributed by atoms with Gasteiger partial charge < -0.3 is 14.7 Å². The minimum absolute atomic E-state index is 0.0506. The predicted octanol–water partition coefficient (Wildman–Crippen LogP) is 4.24. The molecule has 0 saturated heterocycles. The molecule has 1 aliphatic heterocycles. The van der Waals surface area contributed by atoms with Crippen molar-refractivity contribution in [2.75, 3.05) is 37.9 Å². The van der Waals surface area contributed by atoms with Crippen molar-refractivity contribution in [3.63, 3.8) is 0 Å². The number of halogens is 1. The lowest BCUT2D eigenvalue weighted by molar-refractivity contribution is -0.133. The Balaban J connectivity index is 1.98. The van der Waals surface area contributed by atoms with Gasteiger partial charge >= 0.3 is 5.97 Å². The maximum Gasteiger partial charge on any atom is 0.313 e. The second-order valence-electron chi connectivity index (χ2n) is 6.09. The van der Waals surface area contributed by atoms with E-state index in [1.807, 2.05) is 13.1 Å². The molecule has 2 aromatic rings. The highest BCUT2D eigenvalue weighted by atomic mass is 32.2. The maximum atomic E-state index is 13.3. The number of hydrogen-bond donors (Lipinski definition) is 1. The highest BCUT2D eigenvalue weighted by Crippen LogP contribution is 2.42. The minimum atomic E-state index is -0.828. The first-order valence-electron chi connectivity index (χ1n) is 8.40. The van der Waals surface area contributed by atoms with Crippen LogP contribution in [0.4, 0.5) is 15.8 Å². The Morgan fingerprint density at radius 3 is 2.70 bits per heavy atom. The van der Waals surface area contributed by atoms with Crippen LogP contribution in [0.15, 0.2) is 41.3 Å². The van der Waals surface area contributed by atoms with Crippen LogP contribution in [0.2, 0.25) is 0 Å². The molecule has 0 saturated carbocycles. The van der Waals surface area contributed by atoms with E-state index in [0.29, 0.717) is 5.75 Å². The lowest BCUT2D eigenvalue weighted by Crippen LogP contribution is -2.24. The molecule has 5 nitrogen and oxygen atoms in total. The van der Waals surface area contributed by atoms with Crippen LogP contribution in [0.5, 0.6) is 5.75 Å². The van der Waals surface area contributed by atoms with Crippen molar-refractivity contribution in [1.82, 2.24) is 4.31 Å². The Morgan fingerprint density at radius 1 is 1.30 bits per heavy atom. The molecule has 0 amide bonds. The van der Waals surface area contributed by atoms with Gasteiger partial charge in [0.05, 0.1) is 18.6 Å². The number of rotatable bonds is 6. The molecule has 3 rings (SSSR count). The Hall–Kier alpha value is -1.90. The first-order chi connectivity index (χ1) is 13.0. The van der Waals surface area contributed by atoms with Gasteiger partial charge in [0.1, 0.15) is 11.6 Å². The Bertz CT molecular complexity index is 817. The number of likely N-dealkylation sites (N-methyl/N-ethyl adjacent to an activating group) is 1. The highest BCUT2D eigenvalue weighted by Gasteiger charge is 2.23. The zero-order valence-electron chi connectivity index (χ0n) is 15.1. The van der Waals surface area contributed by atoms with Gasteiger partial charge in [0.25, 0.3) is 0 Å². The van der Waals surface area contributed by atoms with Crippen molar-refractivity contribution in [3.05, 3.63) is 47.8 Å². The van der Waals surface area contributed by atoms with Crippen molar-refractivity contribution in [3.8, 4) is 5.75 Å². The number of thioether (sulfide) groups is 1. The van der Waals surface area contributed by atoms with Crippen molar-refractivity contribution in [1.29, 1.82) is 0 Å². The molecular formula is C19H21FN2O3S2. The third kappa shape index (κ3) is 4.88. The molecule has 0 aromatic heterocycles. The van der Waals surface area contributed by atoms with Gasteiger partial charge in [-0.2, -0.15) is 0 Å². The van der Waals surface area contributed by atoms with Gasteiger partial charge in [-0.3, -0.25) is 4.79 Å². The van der Waals surface area contributed by atoms with Gasteiger partial charge in [-0.05, 0) is 49.3 Å². The average molecular weight is 409 g/mol. The number of ether oxygens (including phenoxy) is 1. The number of fused-ring (bicyclic) bond motifs is 1. The predicted molar refractivity (Wildman–Crippen MR) is 109 cm³/mol. The summed E-state index contributed by atoms with van der Waals surface area (Å²) in [6.45, 7) is 1.60. The molecule has 2 aromatic carbocycles. The summed E-state index contributed by atoms with van der Waals surface area (Å²) >= 11 is 2.99. The number of carboxylic acids is 1. The normalized spacial score (nSPS) is 14.6. The molecule has 1 heterocycles. The van der Waals surface area contributed by atoms with E-state index < -0.39 is 5.97 Å². The van der Waals surface area contributed by atoms with Crippen LogP contribution in [0.1, 0.15) is 5.56 Å². The van der Waals surface area contributed by atoms with Crippen LogP contribution >= 0.6 is 23.7 Å². The molecule has 0 bridgehead atoms. The molecular weight excluding hydrogens is 387 g/mol. The van der Waals surface area contributed by atoms with Crippen LogP contribution in [0, 0.1) is 5.82 Å². The van der Waals surface area contributed by atoms with Crippen LogP contribution < -0.4 is 9.64 Å². The van der Waals surface area contributed by atoms with E-state index in [1.165, 1.54) is 23.9 Å². The van der Waals surface area contributed by atoms with E-state index in [9.17, 15) is 9.18 Å². The molecule has 27 heavy (non-hydrogen) atoms. The monoisotopic (exact) mass is 408 g/mol. The molecule has 0 radical (unpaired) electrons. The van der Waals surface area contributed by atoms with Gasteiger partial charge in [-0.25, -0.2) is 8.70 Å². The summed E-state index contributed by atoms with van der Waals surface area (Å²) in [7, 11) is 3.65. The van der Waals surface area contributed by atoms with Gasteiger partial charge in [-0.1, -0.05) is 0 Å². The topological polar surface area (TPSA) is 53.0 Å². The first kappa shape index (κ1) is 19.9. The van der Waals surface area contributed by atoms with E-state index in [-0.39, 0.29) is 11.6 Å². The van der Waals surface area contributed by atoms with E-state index in [1.54, 1.807) is 31.2 Å². The van der Waals surface area contributed by atoms with E-state index in [4.69, 9.17) is 9.84 Å². The molecule has 0 atom stereocenters. The number of carboxylic acid groups (broad SMARTS) is 1. The second kappa shape index (κ2) is 8.86. The Labute approximate surface area is 166 Å². The zero-order valence-corrected chi connectivity index (χ0v) is 16.8. The fourth-order valence-electron chi connectivity index (χ4n) is 2.89.